The van der Waals surface area contributed by atoms with Gasteiger partial charge in [0.1, 0.15) is 23.1 Å². The Labute approximate surface area is 144 Å². The van der Waals surface area contributed by atoms with E-state index in [1.807, 2.05) is 5.32 Å². The Bertz CT molecular complexity index is 734. The van der Waals surface area contributed by atoms with Crippen LogP contribution in [0.15, 0.2) is 46.9 Å². The molecule has 0 heterocycles. The van der Waals surface area contributed by atoms with Crippen molar-refractivity contribution in [3.8, 4) is 5.75 Å². The molecule has 0 fully saturated rings. The molecule has 8 heteroatoms. The smallest absolute Gasteiger partial charge is 0.344 e. The summed E-state index contributed by atoms with van der Waals surface area (Å²) in [6.07, 6.45) is 0. The zero-order valence-corrected chi connectivity index (χ0v) is 13.8. The maximum absolute atomic E-state index is 13.4. The first-order chi connectivity index (χ1) is 11.5. The van der Waals surface area contributed by atoms with Crippen LogP contribution in [0.1, 0.15) is 0 Å². The predicted molar refractivity (Wildman–Crippen MR) is 85.6 cm³/mol. The van der Waals surface area contributed by atoms with Crippen molar-refractivity contribution in [1.82, 2.24) is 0 Å². The van der Waals surface area contributed by atoms with Gasteiger partial charge in [0, 0.05) is 4.47 Å². The lowest BCUT2D eigenvalue weighted by molar-refractivity contribution is -0.149. The number of rotatable bonds is 6. The minimum Gasteiger partial charge on any atom is -0.482 e. The van der Waals surface area contributed by atoms with E-state index in [0.717, 1.165) is 16.6 Å². The van der Waals surface area contributed by atoms with Crippen molar-refractivity contribution in [2.45, 2.75) is 0 Å². The van der Waals surface area contributed by atoms with Crippen LogP contribution in [0.4, 0.5) is 14.5 Å². The van der Waals surface area contributed by atoms with Gasteiger partial charge < -0.3 is 14.8 Å². The molecule has 0 aliphatic heterocycles. The summed E-state index contributed by atoms with van der Waals surface area (Å²) in [5.74, 6) is -3.06. The number of halogens is 3. The highest BCUT2D eigenvalue weighted by Crippen LogP contribution is 2.18. The molecule has 2 aromatic carbocycles. The first-order valence-corrected chi connectivity index (χ1v) is 7.53. The van der Waals surface area contributed by atoms with Crippen molar-refractivity contribution in [3.63, 3.8) is 0 Å². The van der Waals surface area contributed by atoms with Gasteiger partial charge in [0.2, 0.25) is 0 Å². The number of carbonyl (C=O) groups excluding carboxylic acids is 2. The number of para-hydroxylation sites is 1. The molecule has 0 spiro atoms. The van der Waals surface area contributed by atoms with E-state index in [0.29, 0.717) is 5.75 Å². The number of amides is 1. The Hall–Kier alpha value is -2.48. The fraction of sp³-hybridized carbons (Fsp3) is 0.125. The number of anilines is 1. The van der Waals surface area contributed by atoms with Gasteiger partial charge >= 0.3 is 5.97 Å². The summed E-state index contributed by atoms with van der Waals surface area (Å²) in [5, 5.41) is 2.00. The van der Waals surface area contributed by atoms with Gasteiger partial charge in [-0.3, -0.25) is 4.79 Å². The molecule has 0 radical (unpaired) electrons. The maximum Gasteiger partial charge on any atom is 0.344 e. The molecule has 1 amide bonds. The summed E-state index contributed by atoms with van der Waals surface area (Å²) in [4.78, 5) is 23.1. The number of hydrogen-bond donors (Lipinski definition) is 1. The zero-order chi connectivity index (χ0) is 17.5. The lowest BCUT2D eigenvalue weighted by atomic mass is 10.3. The molecule has 0 saturated carbocycles. The number of hydrogen-bond acceptors (Lipinski definition) is 4. The van der Waals surface area contributed by atoms with Gasteiger partial charge in [-0.05, 0) is 30.3 Å². The topological polar surface area (TPSA) is 64.6 Å². The minimum absolute atomic E-state index is 0.405. The van der Waals surface area contributed by atoms with Gasteiger partial charge in [0.05, 0.1) is 0 Å². The molecule has 0 unspecified atom stereocenters. The number of benzene rings is 2. The molecule has 0 aliphatic carbocycles. The molecular weight excluding hydrogens is 388 g/mol. The zero-order valence-electron chi connectivity index (χ0n) is 12.2. The highest BCUT2D eigenvalue weighted by atomic mass is 79.9. The second-order valence-electron chi connectivity index (χ2n) is 4.55. The van der Waals surface area contributed by atoms with Crippen molar-refractivity contribution >= 4 is 33.5 Å². The molecule has 2 aromatic rings. The maximum atomic E-state index is 13.4. The van der Waals surface area contributed by atoms with Gasteiger partial charge in [-0.1, -0.05) is 28.1 Å². The van der Waals surface area contributed by atoms with E-state index in [2.05, 4.69) is 20.7 Å². The second kappa shape index (κ2) is 8.39. The number of carbonyl (C=O) groups is 2. The Balaban J connectivity index is 1.78. The van der Waals surface area contributed by atoms with Crippen molar-refractivity contribution in [2.75, 3.05) is 18.5 Å². The van der Waals surface area contributed by atoms with E-state index < -0.39 is 42.4 Å². The molecule has 1 N–H and O–H groups in total. The van der Waals surface area contributed by atoms with Gasteiger partial charge in [-0.15, -0.1) is 0 Å². The Morgan fingerprint density at radius 1 is 1.04 bits per heavy atom. The van der Waals surface area contributed by atoms with E-state index in [4.69, 9.17) is 4.74 Å². The van der Waals surface area contributed by atoms with Crippen molar-refractivity contribution in [2.24, 2.45) is 0 Å². The molecular formula is C16H12BrF2NO4. The Morgan fingerprint density at radius 2 is 1.71 bits per heavy atom. The largest absolute Gasteiger partial charge is 0.482 e. The SMILES string of the molecule is O=C(COC(=O)COc1cccc(Br)c1)Nc1c(F)cccc1F. The molecule has 0 bridgehead atoms. The summed E-state index contributed by atoms with van der Waals surface area (Å²) in [6.45, 7) is -1.09. The number of esters is 1. The normalized spacial score (nSPS) is 10.1. The average molecular weight is 400 g/mol. The van der Waals surface area contributed by atoms with Crippen LogP contribution in [0.2, 0.25) is 0 Å². The highest BCUT2D eigenvalue weighted by molar-refractivity contribution is 9.10. The van der Waals surface area contributed by atoms with Crippen LogP contribution in [-0.2, 0) is 14.3 Å². The molecule has 126 valence electrons. The third kappa shape index (κ3) is 5.31. The van der Waals surface area contributed by atoms with Gasteiger partial charge in [-0.2, -0.15) is 0 Å². The molecule has 5 nitrogen and oxygen atoms in total. The third-order valence-corrected chi connectivity index (χ3v) is 3.24. The first kappa shape index (κ1) is 17.9. The summed E-state index contributed by atoms with van der Waals surface area (Å²) >= 11 is 3.25. The van der Waals surface area contributed by atoms with E-state index in [9.17, 15) is 18.4 Å². The lowest BCUT2D eigenvalue weighted by Gasteiger charge is -2.09. The van der Waals surface area contributed by atoms with Crippen LogP contribution in [0, 0.1) is 11.6 Å². The summed E-state index contributed by atoms with van der Waals surface area (Å²) in [6, 6.07) is 9.97. The standard InChI is InChI=1S/C16H12BrF2NO4/c17-10-3-1-4-11(7-10)23-9-15(22)24-8-14(21)20-16-12(18)5-2-6-13(16)19/h1-7H,8-9H2,(H,20,21). The van der Waals surface area contributed by atoms with Gasteiger partial charge in [-0.25, -0.2) is 13.6 Å². The lowest BCUT2D eigenvalue weighted by Crippen LogP contribution is -2.24. The van der Waals surface area contributed by atoms with E-state index in [-0.39, 0.29) is 0 Å². The molecule has 0 atom stereocenters. The molecule has 2 rings (SSSR count). The van der Waals surface area contributed by atoms with Gasteiger partial charge in [0.25, 0.3) is 5.91 Å². The molecule has 24 heavy (non-hydrogen) atoms. The van der Waals surface area contributed by atoms with Gasteiger partial charge in [0.15, 0.2) is 13.2 Å². The van der Waals surface area contributed by atoms with E-state index >= 15 is 0 Å². The summed E-state index contributed by atoms with van der Waals surface area (Å²) in [5.41, 5.74) is -0.594. The minimum atomic E-state index is -0.923. The Kier molecular flexibility index (Phi) is 6.25. The number of ether oxygens (including phenoxy) is 2. The molecule has 0 aliphatic rings. The van der Waals surface area contributed by atoms with Crippen LogP contribution in [0.5, 0.6) is 5.75 Å². The second-order valence-corrected chi connectivity index (χ2v) is 5.47. The summed E-state index contributed by atoms with van der Waals surface area (Å²) in [7, 11) is 0. The average Bonchev–Trinajstić information content (AvgIpc) is 2.54. The predicted octanol–water partition coefficient (Wildman–Crippen LogP) is 3.29. The van der Waals surface area contributed by atoms with E-state index in [1.165, 1.54) is 6.07 Å². The van der Waals surface area contributed by atoms with Crippen molar-refractivity contribution in [3.05, 3.63) is 58.6 Å². The summed E-state index contributed by atoms with van der Waals surface area (Å²) < 4.78 is 37.4. The monoisotopic (exact) mass is 399 g/mol. The fourth-order valence-electron chi connectivity index (χ4n) is 1.68. The highest BCUT2D eigenvalue weighted by Gasteiger charge is 2.14. The number of nitrogens with one attached hydrogen (secondary N) is 1. The third-order valence-electron chi connectivity index (χ3n) is 2.74. The van der Waals surface area contributed by atoms with E-state index in [1.54, 1.807) is 24.3 Å². The van der Waals surface area contributed by atoms with Crippen LogP contribution in [0.25, 0.3) is 0 Å². The Morgan fingerprint density at radius 3 is 2.38 bits per heavy atom. The van der Waals surface area contributed by atoms with Crippen LogP contribution in [-0.4, -0.2) is 25.1 Å². The molecule has 0 aromatic heterocycles. The quantitative estimate of drug-likeness (QED) is 0.756. The van der Waals surface area contributed by atoms with Crippen LogP contribution in [0.3, 0.4) is 0 Å². The van der Waals surface area contributed by atoms with Crippen molar-refractivity contribution < 1.29 is 27.8 Å². The van der Waals surface area contributed by atoms with Crippen LogP contribution >= 0.6 is 15.9 Å². The van der Waals surface area contributed by atoms with Crippen molar-refractivity contribution in [1.29, 1.82) is 0 Å². The van der Waals surface area contributed by atoms with Crippen LogP contribution < -0.4 is 10.1 Å². The fourth-order valence-corrected chi connectivity index (χ4v) is 2.06. The first-order valence-electron chi connectivity index (χ1n) is 6.73. The molecule has 0 saturated heterocycles.